The molecule has 4 N–H and O–H groups in total. The zero-order chi connectivity index (χ0) is 28.0. The lowest BCUT2D eigenvalue weighted by Gasteiger charge is -2.24. The first kappa shape index (κ1) is 30.7. The molecule has 212 valence electrons. The first-order valence-electron chi connectivity index (χ1n) is 13.3. The van der Waals surface area contributed by atoms with Crippen LogP contribution in [0.25, 0.3) is 0 Å². The van der Waals surface area contributed by atoms with Gasteiger partial charge in [0.05, 0.1) is 5.92 Å². The minimum atomic E-state index is -0.630. The molecule has 4 rings (SSSR count). The van der Waals surface area contributed by atoms with Crippen molar-refractivity contribution in [3.63, 3.8) is 0 Å². The maximum absolute atomic E-state index is 11.8. The fourth-order valence-corrected chi connectivity index (χ4v) is 3.64. The van der Waals surface area contributed by atoms with E-state index in [1.807, 2.05) is 41.5 Å². The SMILES string of the molecule is CC(C)(C)OC(=O)N1CC[C@@H](N)C1.CC(C)(C)OC(=O)N1CC[C@@H](NC(=O)C2CC2)C1.O=C(O)C1CC1. The van der Waals surface area contributed by atoms with Gasteiger partial charge in [-0.1, -0.05) is 0 Å². The van der Waals surface area contributed by atoms with Crippen molar-refractivity contribution in [2.75, 3.05) is 26.2 Å². The quantitative estimate of drug-likeness (QED) is 0.508. The number of hydrogen-bond acceptors (Lipinski definition) is 7. The summed E-state index contributed by atoms with van der Waals surface area (Å²) in [6.45, 7) is 13.7. The summed E-state index contributed by atoms with van der Waals surface area (Å²) < 4.78 is 10.5. The summed E-state index contributed by atoms with van der Waals surface area (Å²) in [7, 11) is 0. The number of carboxylic acid groups (broad SMARTS) is 1. The average molecular weight is 527 g/mol. The molecule has 2 saturated carbocycles. The van der Waals surface area contributed by atoms with Gasteiger partial charge in [-0.05, 0) is 80.1 Å². The number of hydrogen-bond donors (Lipinski definition) is 3. The number of rotatable bonds is 3. The van der Waals surface area contributed by atoms with Crippen LogP contribution in [0.15, 0.2) is 0 Å². The highest BCUT2D eigenvalue weighted by atomic mass is 16.6. The van der Waals surface area contributed by atoms with E-state index in [9.17, 15) is 19.2 Å². The smallest absolute Gasteiger partial charge is 0.410 e. The fourth-order valence-electron chi connectivity index (χ4n) is 3.64. The van der Waals surface area contributed by atoms with Crippen LogP contribution in [0.2, 0.25) is 0 Å². The van der Waals surface area contributed by atoms with Gasteiger partial charge in [0.1, 0.15) is 11.2 Å². The Labute approximate surface area is 220 Å². The van der Waals surface area contributed by atoms with Crippen molar-refractivity contribution in [1.82, 2.24) is 15.1 Å². The molecule has 11 nitrogen and oxygen atoms in total. The Bertz CT molecular complexity index is 813. The lowest BCUT2D eigenvalue weighted by atomic mass is 10.2. The molecule has 37 heavy (non-hydrogen) atoms. The van der Waals surface area contributed by atoms with Crippen LogP contribution < -0.4 is 11.1 Å². The highest BCUT2D eigenvalue weighted by Gasteiger charge is 2.35. The second-order valence-corrected chi connectivity index (χ2v) is 12.3. The Morgan fingerprint density at radius 1 is 0.757 bits per heavy atom. The van der Waals surface area contributed by atoms with E-state index in [0.717, 1.165) is 45.1 Å². The van der Waals surface area contributed by atoms with E-state index in [4.69, 9.17) is 20.3 Å². The molecule has 2 heterocycles. The summed E-state index contributed by atoms with van der Waals surface area (Å²) in [5.41, 5.74) is 4.80. The zero-order valence-corrected chi connectivity index (χ0v) is 23.2. The van der Waals surface area contributed by atoms with Crippen LogP contribution in [0.5, 0.6) is 0 Å². The maximum Gasteiger partial charge on any atom is 0.410 e. The van der Waals surface area contributed by atoms with Crippen molar-refractivity contribution in [1.29, 1.82) is 0 Å². The summed E-state index contributed by atoms with van der Waals surface area (Å²) in [6, 6.07) is 0.207. The predicted molar refractivity (Wildman–Crippen MR) is 138 cm³/mol. The molecular weight excluding hydrogens is 480 g/mol. The molecule has 0 bridgehead atoms. The van der Waals surface area contributed by atoms with Gasteiger partial charge in [-0.3, -0.25) is 9.59 Å². The molecule has 4 aliphatic rings. The number of nitrogens with two attached hydrogens (primary N) is 1. The van der Waals surface area contributed by atoms with E-state index < -0.39 is 17.2 Å². The summed E-state index contributed by atoms with van der Waals surface area (Å²) >= 11 is 0. The Hall–Kier alpha value is -2.56. The van der Waals surface area contributed by atoms with E-state index in [1.165, 1.54) is 0 Å². The van der Waals surface area contributed by atoms with Crippen molar-refractivity contribution < 1.29 is 33.8 Å². The second kappa shape index (κ2) is 12.8. The van der Waals surface area contributed by atoms with Crippen molar-refractivity contribution in [3.8, 4) is 0 Å². The highest BCUT2D eigenvalue weighted by Crippen LogP contribution is 2.29. The third-order valence-corrected chi connectivity index (χ3v) is 5.94. The molecule has 0 spiro atoms. The van der Waals surface area contributed by atoms with Crippen LogP contribution in [0, 0.1) is 11.8 Å². The van der Waals surface area contributed by atoms with Crippen LogP contribution in [0.3, 0.4) is 0 Å². The number of nitrogens with zero attached hydrogens (tertiary/aromatic N) is 2. The number of aliphatic carboxylic acids is 1. The maximum atomic E-state index is 11.8. The molecule has 3 amide bonds. The Balaban J connectivity index is 0.000000220. The summed E-state index contributed by atoms with van der Waals surface area (Å²) in [6.07, 6.45) is 4.97. The van der Waals surface area contributed by atoms with Gasteiger partial charge < -0.3 is 35.4 Å². The molecule has 0 aromatic rings. The number of carboxylic acids is 1. The van der Waals surface area contributed by atoms with Gasteiger partial charge >= 0.3 is 18.2 Å². The predicted octanol–water partition coefficient (Wildman–Crippen LogP) is 2.96. The van der Waals surface area contributed by atoms with Crippen LogP contribution in [0.1, 0.15) is 80.1 Å². The normalized spacial score (nSPS) is 23.2. The third-order valence-electron chi connectivity index (χ3n) is 5.94. The van der Waals surface area contributed by atoms with Crippen LogP contribution in [-0.4, -0.2) is 88.4 Å². The van der Waals surface area contributed by atoms with E-state index in [0.29, 0.717) is 19.6 Å². The van der Waals surface area contributed by atoms with Crippen LogP contribution in [0.4, 0.5) is 9.59 Å². The fraction of sp³-hybridized carbons (Fsp3) is 0.846. The molecule has 0 radical (unpaired) electrons. The Morgan fingerprint density at radius 3 is 1.57 bits per heavy atom. The summed E-state index contributed by atoms with van der Waals surface area (Å²) in [5, 5.41) is 11.1. The van der Waals surface area contributed by atoms with Gasteiger partial charge in [0.15, 0.2) is 0 Å². The van der Waals surface area contributed by atoms with Crippen LogP contribution >= 0.6 is 0 Å². The minimum Gasteiger partial charge on any atom is -0.481 e. The number of nitrogens with one attached hydrogen (secondary N) is 1. The molecule has 0 unspecified atom stereocenters. The lowest BCUT2D eigenvalue weighted by molar-refractivity contribution is -0.138. The van der Waals surface area contributed by atoms with Gasteiger partial charge in [-0.2, -0.15) is 0 Å². The number of likely N-dealkylation sites (tertiary alicyclic amines) is 2. The highest BCUT2D eigenvalue weighted by molar-refractivity contribution is 5.81. The monoisotopic (exact) mass is 526 g/mol. The van der Waals surface area contributed by atoms with Gasteiger partial charge in [0, 0.05) is 44.2 Å². The van der Waals surface area contributed by atoms with E-state index in [2.05, 4.69) is 5.32 Å². The molecular formula is C26H46N4O7. The first-order chi connectivity index (χ1) is 17.0. The number of amides is 3. The Morgan fingerprint density at radius 2 is 1.22 bits per heavy atom. The molecule has 2 aliphatic carbocycles. The molecule has 2 aliphatic heterocycles. The second-order valence-electron chi connectivity index (χ2n) is 12.3. The largest absolute Gasteiger partial charge is 0.481 e. The van der Waals surface area contributed by atoms with E-state index in [1.54, 1.807) is 9.80 Å². The van der Waals surface area contributed by atoms with Gasteiger partial charge in [0.25, 0.3) is 0 Å². The first-order valence-corrected chi connectivity index (χ1v) is 13.3. The summed E-state index contributed by atoms with van der Waals surface area (Å²) in [4.78, 5) is 48.0. The molecule has 11 heteroatoms. The van der Waals surface area contributed by atoms with Crippen molar-refractivity contribution >= 4 is 24.1 Å². The van der Waals surface area contributed by atoms with E-state index in [-0.39, 0.29) is 42.0 Å². The molecule has 0 aromatic carbocycles. The number of carbonyl (C=O) groups excluding carboxylic acids is 3. The third kappa shape index (κ3) is 12.5. The van der Waals surface area contributed by atoms with Gasteiger partial charge in [-0.25, -0.2) is 9.59 Å². The van der Waals surface area contributed by atoms with Crippen LogP contribution in [-0.2, 0) is 19.1 Å². The van der Waals surface area contributed by atoms with Gasteiger partial charge in [-0.15, -0.1) is 0 Å². The summed E-state index contributed by atoms with van der Waals surface area (Å²) in [5.74, 6) is -0.244. The Kier molecular flexibility index (Phi) is 10.6. The molecule has 2 saturated heterocycles. The molecule has 4 fully saturated rings. The number of carbonyl (C=O) groups is 4. The molecule has 0 aromatic heterocycles. The topological polar surface area (TPSA) is 152 Å². The number of ether oxygens (including phenoxy) is 2. The minimum absolute atomic E-state index is 0.0185. The van der Waals surface area contributed by atoms with Crippen molar-refractivity contribution in [2.45, 2.75) is 103 Å². The van der Waals surface area contributed by atoms with E-state index >= 15 is 0 Å². The molecule has 2 atom stereocenters. The standard InChI is InChI=1S/C13H22N2O3.C9H18N2O2.C4H6O2/c1-13(2,3)18-12(17)15-7-6-10(8-15)14-11(16)9-4-5-9;1-9(2,3)13-8(12)11-5-4-7(10)6-11;5-4(6)3-1-2-3/h9-10H,4-8H2,1-3H3,(H,14,16);7H,4-6,10H2,1-3H3;3H,1-2H2,(H,5,6)/t10-;7-;/m11./s1. The lowest BCUT2D eigenvalue weighted by Crippen LogP contribution is -2.40. The van der Waals surface area contributed by atoms with Crippen molar-refractivity contribution in [2.24, 2.45) is 17.6 Å². The average Bonchev–Trinajstić information content (AvgIpc) is 3.67. The zero-order valence-electron chi connectivity index (χ0n) is 23.2. The van der Waals surface area contributed by atoms with Crippen molar-refractivity contribution in [3.05, 3.63) is 0 Å². The van der Waals surface area contributed by atoms with Gasteiger partial charge in [0.2, 0.25) is 5.91 Å².